The number of hydrogen-bond donors (Lipinski definition) is 1. The van der Waals surface area contributed by atoms with Crippen molar-refractivity contribution in [3.63, 3.8) is 0 Å². The first kappa shape index (κ1) is 9.68. The van der Waals surface area contributed by atoms with Crippen molar-refractivity contribution in [2.45, 2.75) is 32.5 Å². The zero-order chi connectivity index (χ0) is 10.2. The third-order valence-corrected chi connectivity index (χ3v) is 2.65. The molecule has 1 aliphatic heterocycles. The molecule has 4 nitrogen and oxygen atoms in total. The van der Waals surface area contributed by atoms with Crippen molar-refractivity contribution < 1.29 is 5.11 Å². The second-order valence-electron chi connectivity index (χ2n) is 4.31. The molecular formula is C10H17N3O. The Kier molecular flexibility index (Phi) is 2.33. The molecular weight excluding hydrogens is 178 g/mol. The lowest BCUT2D eigenvalue weighted by atomic mass is 9.97. The van der Waals surface area contributed by atoms with E-state index in [-0.39, 0.29) is 0 Å². The zero-order valence-electron chi connectivity index (χ0n) is 8.77. The quantitative estimate of drug-likeness (QED) is 0.762. The van der Waals surface area contributed by atoms with Crippen molar-refractivity contribution >= 4 is 0 Å². The summed E-state index contributed by atoms with van der Waals surface area (Å²) in [6.07, 6.45) is 3.75. The fourth-order valence-corrected chi connectivity index (χ4v) is 2.02. The van der Waals surface area contributed by atoms with Crippen LogP contribution in [0.25, 0.3) is 0 Å². The number of aliphatic hydroxyl groups is 1. The normalized spacial score (nSPS) is 20.8. The van der Waals surface area contributed by atoms with Crippen LogP contribution in [0.15, 0.2) is 12.5 Å². The lowest BCUT2D eigenvalue weighted by Crippen LogP contribution is -2.59. The van der Waals surface area contributed by atoms with E-state index >= 15 is 0 Å². The number of imidazole rings is 1. The molecule has 0 radical (unpaired) electrons. The van der Waals surface area contributed by atoms with Crippen LogP contribution in [0.2, 0.25) is 0 Å². The lowest BCUT2D eigenvalue weighted by Gasteiger charge is -2.44. The van der Waals surface area contributed by atoms with Gasteiger partial charge >= 0.3 is 0 Å². The smallest absolute Gasteiger partial charge is 0.0948 e. The summed E-state index contributed by atoms with van der Waals surface area (Å²) in [7, 11) is 0. The van der Waals surface area contributed by atoms with E-state index in [1.54, 1.807) is 0 Å². The molecule has 0 spiro atoms. The van der Waals surface area contributed by atoms with Crippen molar-refractivity contribution in [2.24, 2.45) is 0 Å². The highest BCUT2D eigenvalue weighted by molar-refractivity contribution is 5.02. The van der Waals surface area contributed by atoms with Crippen LogP contribution in [-0.4, -0.2) is 38.2 Å². The second kappa shape index (κ2) is 3.37. The summed E-state index contributed by atoms with van der Waals surface area (Å²) >= 11 is 0. The van der Waals surface area contributed by atoms with Gasteiger partial charge in [0.25, 0.3) is 0 Å². The third-order valence-electron chi connectivity index (χ3n) is 2.65. The van der Waals surface area contributed by atoms with E-state index in [0.717, 1.165) is 26.2 Å². The zero-order valence-corrected chi connectivity index (χ0v) is 8.77. The summed E-state index contributed by atoms with van der Waals surface area (Å²) < 4.78 is 2.13. The Hall–Kier alpha value is -0.870. The molecule has 0 aromatic carbocycles. The third kappa shape index (κ3) is 1.81. The van der Waals surface area contributed by atoms with Crippen LogP contribution in [0.5, 0.6) is 0 Å². The van der Waals surface area contributed by atoms with Crippen LogP contribution in [0.1, 0.15) is 19.5 Å². The number of likely N-dealkylation sites (tertiary alicyclic amines) is 1. The molecule has 1 aliphatic rings. The topological polar surface area (TPSA) is 41.3 Å². The van der Waals surface area contributed by atoms with Gasteiger partial charge < -0.3 is 9.67 Å². The molecule has 2 heterocycles. The summed E-state index contributed by atoms with van der Waals surface area (Å²) in [5, 5.41) is 9.57. The molecule has 1 saturated heterocycles. The Morgan fingerprint density at radius 3 is 2.86 bits per heavy atom. The summed E-state index contributed by atoms with van der Waals surface area (Å²) in [6.45, 7) is 7.37. The van der Waals surface area contributed by atoms with Gasteiger partial charge in [-0.05, 0) is 13.8 Å². The van der Waals surface area contributed by atoms with Crippen LogP contribution < -0.4 is 0 Å². The van der Waals surface area contributed by atoms with Crippen LogP contribution in [0.4, 0.5) is 0 Å². The van der Waals surface area contributed by atoms with Gasteiger partial charge in [0.05, 0.1) is 17.6 Å². The molecule has 0 aliphatic carbocycles. The highest BCUT2D eigenvalue weighted by atomic mass is 16.3. The van der Waals surface area contributed by atoms with Gasteiger partial charge in [-0.1, -0.05) is 0 Å². The first-order chi connectivity index (χ1) is 6.61. The molecule has 1 fully saturated rings. The SMILES string of the molecule is CCn1cncc1CN1CC(C)(O)C1. The molecule has 14 heavy (non-hydrogen) atoms. The Balaban J connectivity index is 1.93. The maximum absolute atomic E-state index is 9.57. The monoisotopic (exact) mass is 195 g/mol. The van der Waals surface area contributed by atoms with Crippen LogP contribution >= 0.6 is 0 Å². The van der Waals surface area contributed by atoms with E-state index in [1.165, 1.54) is 5.69 Å². The average Bonchev–Trinajstić information content (AvgIpc) is 2.48. The van der Waals surface area contributed by atoms with Gasteiger partial charge in [0.2, 0.25) is 0 Å². The van der Waals surface area contributed by atoms with Gasteiger partial charge in [0.15, 0.2) is 0 Å². The fraction of sp³-hybridized carbons (Fsp3) is 0.700. The molecule has 4 heteroatoms. The minimum Gasteiger partial charge on any atom is -0.388 e. The Bertz CT molecular complexity index is 311. The van der Waals surface area contributed by atoms with E-state index in [2.05, 4.69) is 21.4 Å². The number of hydrogen-bond acceptors (Lipinski definition) is 3. The number of aryl methyl sites for hydroxylation is 1. The van der Waals surface area contributed by atoms with Crippen LogP contribution in [0.3, 0.4) is 0 Å². The molecule has 0 unspecified atom stereocenters. The Labute approximate surface area is 84.2 Å². The highest BCUT2D eigenvalue weighted by Gasteiger charge is 2.36. The van der Waals surface area contributed by atoms with Crippen molar-refractivity contribution in [1.29, 1.82) is 0 Å². The van der Waals surface area contributed by atoms with E-state index in [4.69, 9.17) is 0 Å². The van der Waals surface area contributed by atoms with Gasteiger partial charge in [0.1, 0.15) is 0 Å². The molecule has 0 bridgehead atoms. The van der Waals surface area contributed by atoms with Gasteiger partial charge in [-0.2, -0.15) is 0 Å². The first-order valence-corrected chi connectivity index (χ1v) is 5.04. The van der Waals surface area contributed by atoms with Crippen LogP contribution in [0, 0.1) is 0 Å². The second-order valence-corrected chi connectivity index (χ2v) is 4.31. The van der Waals surface area contributed by atoms with E-state index in [1.807, 2.05) is 19.4 Å². The van der Waals surface area contributed by atoms with Gasteiger partial charge in [-0.3, -0.25) is 4.90 Å². The summed E-state index contributed by atoms with van der Waals surface area (Å²) in [6, 6.07) is 0. The number of aromatic nitrogens is 2. The van der Waals surface area contributed by atoms with Gasteiger partial charge in [-0.15, -0.1) is 0 Å². The fourth-order valence-electron chi connectivity index (χ4n) is 2.02. The standard InChI is InChI=1S/C10H17N3O/c1-3-13-8-11-4-9(13)5-12-6-10(2,14)7-12/h4,8,14H,3,5-7H2,1-2H3. The summed E-state index contributed by atoms with van der Waals surface area (Å²) in [5.41, 5.74) is 0.750. The predicted molar refractivity (Wildman–Crippen MR) is 53.8 cm³/mol. The molecule has 1 N–H and O–H groups in total. The lowest BCUT2D eigenvalue weighted by molar-refractivity contribution is -0.0878. The highest BCUT2D eigenvalue weighted by Crippen LogP contribution is 2.21. The summed E-state index contributed by atoms with van der Waals surface area (Å²) in [4.78, 5) is 6.34. The van der Waals surface area contributed by atoms with Crippen molar-refractivity contribution in [3.8, 4) is 0 Å². The summed E-state index contributed by atoms with van der Waals surface area (Å²) in [5.74, 6) is 0. The van der Waals surface area contributed by atoms with E-state index < -0.39 is 5.60 Å². The number of β-amino-alcohol motifs (C(OH)–C–C–N with tert-alkyl or cyclic N) is 1. The van der Waals surface area contributed by atoms with E-state index in [9.17, 15) is 5.11 Å². The van der Waals surface area contributed by atoms with Gasteiger partial charge in [0, 0.05) is 32.4 Å². The van der Waals surface area contributed by atoms with Crippen molar-refractivity contribution in [1.82, 2.24) is 14.5 Å². The molecule has 0 saturated carbocycles. The molecule has 0 amide bonds. The van der Waals surface area contributed by atoms with Crippen molar-refractivity contribution in [2.75, 3.05) is 13.1 Å². The average molecular weight is 195 g/mol. The largest absolute Gasteiger partial charge is 0.388 e. The van der Waals surface area contributed by atoms with Crippen molar-refractivity contribution in [3.05, 3.63) is 18.2 Å². The predicted octanol–water partition coefficient (Wildman–Crippen LogP) is 0.470. The Morgan fingerprint density at radius 2 is 2.29 bits per heavy atom. The number of rotatable bonds is 3. The molecule has 2 rings (SSSR count). The Morgan fingerprint density at radius 1 is 1.57 bits per heavy atom. The molecule has 1 aromatic rings. The van der Waals surface area contributed by atoms with Crippen LogP contribution in [-0.2, 0) is 13.1 Å². The minimum absolute atomic E-state index is 0.475. The maximum Gasteiger partial charge on any atom is 0.0948 e. The molecule has 78 valence electrons. The minimum atomic E-state index is -0.475. The molecule has 1 aromatic heterocycles. The molecule has 0 atom stereocenters. The maximum atomic E-state index is 9.57. The number of nitrogens with zero attached hydrogens (tertiary/aromatic N) is 3. The van der Waals surface area contributed by atoms with Gasteiger partial charge in [-0.25, -0.2) is 4.98 Å². The first-order valence-electron chi connectivity index (χ1n) is 5.04. The van der Waals surface area contributed by atoms with E-state index in [0.29, 0.717) is 0 Å².